The van der Waals surface area contributed by atoms with Crippen molar-refractivity contribution in [2.75, 3.05) is 0 Å². The third-order valence-electron chi connectivity index (χ3n) is 3.40. The van der Waals surface area contributed by atoms with Crippen molar-refractivity contribution in [3.05, 3.63) is 57.8 Å². The number of halogens is 1. The van der Waals surface area contributed by atoms with E-state index in [-0.39, 0.29) is 0 Å². The van der Waals surface area contributed by atoms with E-state index in [1.165, 1.54) is 0 Å². The molecule has 0 fully saturated rings. The summed E-state index contributed by atoms with van der Waals surface area (Å²) < 4.78 is 7.95. The van der Waals surface area contributed by atoms with E-state index in [1.807, 2.05) is 41.9 Å². The van der Waals surface area contributed by atoms with Crippen molar-refractivity contribution < 1.29 is 9.62 Å². The standard InChI is InChI=1S/C16H9BrN2O2S/c17-10-1-2-14-11(5-10)12(19-20)6-15(21-14)13-7-16-9(8-18-13)3-4-22-16/h1-8,20H/b19-12-. The maximum atomic E-state index is 9.29. The topological polar surface area (TPSA) is 58.6 Å². The molecule has 3 aromatic heterocycles. The molecule has 22 heavy (non-hydrogen) atoms. The minimum atomic E-state index is 0.450. The number of thiophene rings is 1. The molecular formula is C16H9BrN2O2S. The first kappa shape index (κ1) is 13.5. The van der Waals surface area contributed by atoms with Crippen LogP contribution in [0.25, 0.3) is 32.5 Å². The summed E-state index contributed by atoms with van der Waals surface area (Å²) in [7, 11) is 0. The molecule has 1 N–H and O–H groups in total. The lowest BCUT2D eigenvalue weighted by Gasteiger charge is -2.04. The zero-order valence-corrected chi connectivity index (χ0v) is 13.6. The SMILES string of the molecule is O/N=c1/cc(-c2cc3sccc3cn2)oc2ccc(Br)cc12. The van der Waals surface area contributed by atoms with Crippen LogP contribution in [0.4, 0.5) is 0 Å². The lowest BCUT2D eigenvalue weighted by molar-refractivity contribution is 0.302. The van der Waals surface area contributed by atoms with Gasteiger partial charge in [-0.2, -0.15) is 0 Å². The van der Waals surface area contributed by atoms with Crippen LogP contribution < -0.4 is 5.36 Å². The molecule has 1 aromatic carbocycles. The number of benzene rings is 1. The first-order valence-electron chi connectivity index (χ1n) is 6.50. The zero-order chi connectivity index (χ0) is 15.1. The summed E-state index contributed by atoms with van der Waals surface area (Å²) in [6.45, 7) is 0. The highest BCUT2D eigenvalue weighted by Gasteiger charge is 2.09. The van der Waals surface area contributed by atoms with E-state index < -0.39 is 0 Å². The van der Waals surface area contributed by atoms with E-state index >= 15 is 0 Å². The Bertz CT molecular complexity index is 1070. The monoisotopic (exact) mass is 372 g/mol. The van der Waals surface area contributed by atoms with Crippen LogP contribution >= 0.6 is 27.3 Å². The second-order valence-corrected chi connectivity index (χ2v) is 6.63. The maximum Gasteiger partial charge on any atom is 0.155 e. The van der Waals surface area contributed by atoms with E-state index in [2.05, 4.69) is 26.1 Å². The smallest absolute Gasteiger partial charge is 0.155 e. The number of rotatable bonds is 1. The van der Waals surface area contributed by atoms with Crippen LogP contribution in [0.3, 0.4) is 0 Å². The van der Waals surface area contributed by atoms with Crippen molar-refractivity contribution in [1.29, 1.82) is 0 Å². The number of pyridine rings is 1. The largest absolute Gasteiger partial charge is 0.454 e. The van der Waals surface area contributed by atoms with E-state index in [4.69, 9.17) is 4.42 Å². The van der Waals surface area contributed by atoms with Crippen LogP contribution in [0.1, 0.15) is 0 Å². The highest BCUT2D eigenvalue weighted by atomic mass is 79.9. The molecule has 0 unspecified atom stereocenters. The van der Waals surface area contributed by atoms with Gasteiger partial charge in [-0.3, -0.25) is 4.98 Å². The van der Waals surface area contributed by atoms with Crippen molar-refractivity contribution >= 4 is 48.3 Å². The summed E-state index contributed by atoms with van der Waals surface area (Å²) in [5, 5.41) is 17.0. The average molecular weight is 373 g/mol. The lowest BCUT2D eigenvalue weighted by atomic mass is 10.2. The van der Waals surface area contributed by atoms with Crippen molar-refractivity contribution in [3.63, 3.8) is 0 Å². The number of nitrogens with zero attached hydrogens (tertiary/aromatic N) is 2. The van der Waals surface area contributed by atoms with Gasteiger partial charge in [0.25, 0.3) is 0 Å². The summed E-state index contributed by atoms with van der Waals surface area (Å²) in [5.41, 5.74) is 1.35. The van der Waals surface area contributed by atoms with Gasteiger partial charge >= 0.3 is 0 Å². The molecule has 0 radical (unpaired) electrons. The summed E-state index contributed by atoms with van der Waals surface area (Å²) in [5.74, 6) is 0.568. The highest BCUT2D eigenvalue weighted by Crippen LogP contribution is 2.27. The van der Waals surface area contributed by atoms with Gasteiger partial charge in [0.1, 0.15) is 16.6 Å². The minimum Gasteiger partial charge on any atom is -0.454 e. The average Bonchev–Trinajstić information content (AvgIpc) is 3.01. The molecule has 0 saturated heterocycles. The molecule has 108 valence electrons. The van der Waals surface area contributed by atoms with Crippen LogP contribution in [-0.2, 0) is 0 Å². The summed E-state index contributed by atoms with van der Waals surface area (Å²) in [6.07, 6.45) is 1.82. The van der Waals surface area contributed by atoms with Crippen LogP contribution in [0.5, 0.6) is 0 Å². The van der Waals surface area contributed by atoms with Gasteiger partial charge in [0.2, 0.25) is 0 Å². The molecule has 4 aromatic rings. The first-order chi connectivity index (χ1) is 10.7. The van der Waals surface area contributed by atoms with Crippen molar-refractivity contribution in [2.45, 2.75) is 0 Å². The Morgan fingerprint density at radius 2 is 2.09 bits per heavy atom. The number of fused-ring (bicyclic) bond motifs is 2. The fourth-order valence-corrected chi connectivity index (χ4v) is 3.50. The van der Waals surface area contributed by atoms with Gasteiger partial charge in [0, 0.05) is 32.2 Å². The molecule has 0 atom stereocenters. The van der Waals surface area contributed by atoms with Crippen LogP contribution in [-0.4, -0.2) is 10.2 Å². The van der Waals surface area contributed by atoms with Gasteiger partial charge in [-0.1, -0.05) is 21.1 Å². The molecule has 4 nitrogen and oxygen atoms in total. The Kier molecular flexibility index (Phi) is 3.20. The number of aromatic nitrogens is 1. The minimum absolute atomic E-state index is 0.450. The Hall–Kier alpha value is -2.18. The van der Waals surface area contributed by atoms with Gasteiger partial charge < -0.3 is 9.62 Å². The van der Waals surface area contributed by atoms with Crippen molar-refractivity contribution in [2.24, 2.45) is 5.16 Å². The number of hydrogen-bond donors (Lipinski definition) is 1. The fraction of sp³-hybridized carbons (Fsp3) is 0. The molecule has 6 heteroatoms. The van der Waals surface area contributed by atoms with E-state index in [0.717, 1.165) is 19.9 Å². The van der Waals surface area contributed by atoms with Gasteiger partial charge in [0.05, 0.1) is 0 Å². The molecule has 0 amide bonds. The van der Waals surface area contributed by atoms with Crippen LogP contribution in [0, 0.1) is 0 Å². The molecule has 0 aliphatic rings. The second-order valence-electron chi connectivity index (χ2n) is 4.76. The van der Waals surface area contributed by atoms with Crippen molar-refractivity contribution in [3.8, 4) is 11.5 Å². The third kappa shape index (κ3) is 2.20. The molecule has 0 aliphatic carbocycles. The first-order valence-corrected chi connectivity index (χ1v) is 8.17. The zero-order valence-electron chi connectivity index (χ0n) is 11.2. The van der Waals surface area contributed by atoms with E-state index in [9.17, 15) is 5.21 Å². The summed E-state index contributed by atoms with van der Waals surface area (Å²) in [4.78, 5) is 4.43. The fourth-order valence-electron chi connectivity index (χ4n) is 2.34. The summed E-state index contributed by atoms with van der Waals surface area (Å²) >= 11 is 5.06. The molecule has 0 aliphatic heterocycles. The Labute approximate surface area is 137 Å². The van der Waals surface area contributed by atoms with E-state index in [1.54, 1.807) is 17.4 Å². The lowest BCUT2D eigenvalue weighted by Crippen LogP contribution is -2.03. The number of hydrogen-bond acceptors (Lipinski definition) is 5. The molecule has 0 saturated carbocycles. The predicted octanol–water partition coefficient (Wildman–Crippen LogP) is 4.76. The van der Waals surface area contributed by atoms with Gasteiger partial charge in [-0.05, 0) is 35.7 Å². The highest BCUT2D eigenvalue weighted by molar-refractivity contribution is 9.10. The molecule has 0 bridgehead atoms. The summed E-state index contributed by atoms with van der Waals surface area (Å²) in [6, 6.07) is 11.3. The quantitative estimate of drug-likeness (QED) is 0.387. The molecule has 4 rings (SSSR count). The third-order valence-corrected chi connectivity index (χ3v) is 4.78. The Balaban J connectivity index is 2.00. The second kappa shape index (κ2) is 5.23. The van der Waals surface area contributed by atoms with Gasteiger partial charge in [-0.15, -0.1) is 11.3 Å². The molecule has 0 spiro atoms. The Morgan fingerprint density at radius 1 is 1.18 bits per heavy atom. The Morgan fingerprint density at radius 3 is 2.95 bits per heavy atom. The van der Waals surface area contributed by atoms with Gasteiger partial charge in [0.15, 0.2) is 5.76 Å². The molecular weight excluding hydrogens is 364 g/mol. The maximum absolute atomic E-state index is 9.29. The molecule has 3 heterocycles. The normalized spacial score (nSPS) is 12.3. The van der Waals surface area contributed by atoms with Crippen LogP contribution in [0.2, 0.25) is 0 Å². The van der Waals surface area contributed by atoms with Crippen LogP contribution in [0.15, 0.2) is 62.0 Å². The van der Waals surface area contributed by atoms with Gasteiger partial charge in [-0.25, -0.2) is 0 Å². The van der Waals surface area contributed by atoms with E-state index in [0.29, 0.717) is 22.4 Å². The van der Waals surface area contributed by atoms with Crippen molar-refractivity contribution in [1.82, 2.24) is 4.98 Å². The predicted molar refractivity (Wildman–Crippen MR) is 89.9 cm³/mol.